The number of urea groups is 1. The molecule has 0 spiro atoms. The number of amides is 3. The van der Waals surface area contributed by atoms with Crippen molar-refractivity contribution in [1.82, 2.24) is 5.32 Å². The van der Waals surface area contributed by atoms with E-state index in [2.05, 4.69) is 5.32 Å². The van der Waals surface area contributed by atoms with Gasteiger partial charge in [-0.3, -0.25) is 0 Å². The highest BCUT2D eigenvalue weighted by atomic mass is 16.6. The molecular weight excluding hydrogens is 296 g/mol. The van der Waals surface area contributed by atoms with Crippen LogP contribution in [0, 0.1) is 0 Å². The van der Waals surface area contributed by atoms with Crippen LogP contribution in [0.5, 0.6) is 0 Å². The van der Waals surface area contributed by atoms with Crippen molar-refractivity contribution in [2.45, 2.75) is 32.9 Å². The number of nitrogens with one attached hydrogen (secondary N) is 1. The Bertz CT molecular complexity index is 645. The molecule has 2 rings (SSSR count). The first kappa shape index (κ1) is 16.6. The average molecular weight is 316 g/mol. The Morgan fingerprint density at radius 1 is 1.13 bits per heavy atom. The third-order valence-corrected chi connectivity index (χ3v) is 2.79. The molecule has 1 aromatic carbocycles. The van der Waals surface area contributed by atoms with Crippen LogP contribution in [0.1, 0.15) is 26.3 Å². The first-order valence-electron chi connectivity index (χ1n) is 7.25. The van der Waals surface area contributed by atoms with Gasteiger partial charge in [0, 0.05) is 12.6 Å². The van der Waals surface area contributed by atoms with Gasteiger partial charge in [0.2, 0.25) is 5.88 Å². The van der Waals surface area contributed by atoms with E-state index in [0.29, 0.717) is 6.54 Å². The van der Waals surface area contributed by atoms with Crippen LogP contribution in [0.4, 0.5) is 15.5 Å². The fourth-order valence-corrected chi connectivity index (χ4v) is 1.83. The van der Waals surface area contributed by atoms with E-state index >= 15 is 0 Å². The lowest BCUT2D eigenvalue weighted by molar-refractivity contribution is 0.0588. The molecule has 6 nitrogen and oxygen atoms in total. The maximum atomic E-state index is 12.4. The van der Waals surface area contributed by atoms with Gasteiger partial charge in [0.15, 0.2) is 0 Å². The van der Waals surface area contributed by atoms with Crippen molar-refractivity contribution in [3.8, 4) is 0 Å². The second-order valence-electron chi connectivity index (χ2n) is 5.91. The third-order valence-electron chi connectivity index (χ3n) is 2.79. The molecule has 0 aliphatic carbocycles. The predicted octanol–water partition coefficient (Wildman–Crippen LogP) is 3.93. The largest absolute Gasteiger partial charge is 0.448 e. The van der Waals surface area contributed by atoms with Crippen molar-refractivity contribution in [3.63, 3.8) is 0 Å². The quantitative estimate of drug-likeness (QED) is 0.931. The first-order chi connectivity index (χ1) is 10.9. The summed E-state index contributed by atoms with van der Waals surface area (Å²) in [5.41, 5.74) is 0.200. The Labute approximate surface area is 135 Å². The lowest BCUT2D eigenvalue weighted by Crippen LogP contribution is -2.46. The second-order valence-corrected chi connectivity index (χ2v) is 5.91. The SMILES string of the molecule is CC(C)(C)OC(=O)N(C(=O)NCc1ccccc1)c1ccco1. The average Bonchev–Trinajstić information content (AvgIpc) is 2.98. The van der Waals surface area contributed by atoms with Gasteiger partial charge in [-0.25, -0.2) is 9.59 Å². The van der Waals surface area contributed by atoms with Crippen molar-refractivity contribution in [2.24, 2.45) is 0 Å². The molecule has 23 heavy (non-hydrogen) atoms. The molecule has 0 aliphatic rings. The number of anilines is 1. The Hall–Kier alpha value is -2.76. The summed E-state index contributed by atoms with van der Waals surface area (Å²) >= 11 is 0. The summed E-state index contributed by atoms with van der Waals surface area (Å²) in [6, 6.07) is 11.9. The number of hydrogen-bond acceptors (Lipinski definition) is 4. The molecule has 2 aromatic rings. The number of hydrogen-bond donors (Lipinski definition) is 1. The van der Waals surface area contributed by atoms with E-state index in [1.165, 1.54) is 12.3 Å². The molecule has 0 saturated carbocycles. The summed E-state index contributed by atoms with van der Waals surface area (Å²) < 4.78 is 10.4. The number of imide groups is 1. The standard InChI is InChI=1S/C17H20N2O4/c1-17(2,3)23-16(21)19(14-10-7-11-22-14)15(20)18-12-13-8-5-4-6-9-13/h4-11H,12H2,1-3H3,(H,18,20). The van der Waals surface area contributed by atoms with Gasteiger partial charge in [0.25, 0.3) is 0 Å². The summed E-state index contributed by atoms with van der Waals surface area (Å²) in [5.74, 6) is 0.102. The van der Waals surface area contributed by atoms with Gasteiger partial charge < -0.3 is 14.5 Å². The summed E-state index contributed by atoms with van der Waals surface area (Å²) in [5, 5.41) is 2.68. The lowest BCUT2D eigenvalue weighted by Gasteiger charge is -2.24. The monoisotopic (exact) mass is 316 g/mol. The number of carbonyl (C=O) groups is 2. The number of ether oxygens (including phenoxy) is 1. The normalized spacial score (nSPS) is 10.9. The van der Waals surface area contributed by atoms with Crippen LogP contribution < -0.4 is 10.2 Å². The van der Waals surface area contributed by atoms with Crippen molar-refractivity contribution in [3.05, 3.63) is 54.3 Å². The zero-order valence-corrected chi connectivity index (χ0v) is 13.4. The minimum absolute atomic E-state index is 0.102. The molecule has 0 saturated heterocycles. The summed E-state index contributed by atoms with van der Waals surface area (Å²) in [6.45, 7) is 5.48. The molecule has 1 heterocycles. The Balaban J connectivity index is 2.10. The van der Waals surface area contributed by atoms with Crippen molar-refractivity contribution in [1.29, 1.82) is 0 Å². The molecular formula is C17H20N2O4. The third kappa shape index (κ3) is 4.88. The topological polar surface area (TPSA) is 71.8 Å². The summed E-state index contributed by atoms with van der Waals surface area (Å²) in [6.07, 6.45) is 0.593. The highest BCUT2D eigenvalue weighted by Crippen LogP contribution is 2.19. The molecule has 0 unspecified atom stereocenters. The zero-order valence-electron chi connectivity index (χ0n) is 13.4. The molecule has 0 aliphatic heterocycles. The molecule has 1 aromatic heterocycles. The lowest BCUT2D eigenvalue weighted by atomic mass is 10.2. The van der Waals surface area contributed by atoms with Crippen LogP contribution in [0.25, 0.3) is 0 Å². The number of benzene rings is 1. The Kier molecular flexibility index (Phi) is 5.05. The van der Waals surface area contributed by atoms with Gasteiger partial charge in [0.05, 0.1) is 6.26 Å². The van der Waals surface area contributed by atoms with Gasteiger partial charge >= 0.3 is 12.1 Å². The molecule has 0 fully saturated rings. The van der Waals surface area contributed by atoms with E-state index in [9.17, 15) is 9.59 Å². The maximum Gasteiger partial charge on any atom is 0.425 e. The van der Waals surface area contributed by atoms with Crippen LogP contribution in [0.15, 0.2) is 53.1 Å². The van der Waals surface area contributed by atoms with Crippen LogP contribution >= 0.6 is 0 Å². The van der Waals surface area contributed by atoms with Gasteiger partial charge in [-0.1, -0.05) is 30.3 Å². The number of rotatable bonds is 3. The summed E-state index contributed by atoms with van der Waals surface area (Å²) in [4.78, 5) is 25.5. The maximum absolute atomic E-state index is 12.4. The molecule has 0 bridgehead atoms. The highest BCUT2D eigenvalue weighted by molar-refractivity contribution is 6.10. The highest BCUT2D eigenvalue weighted by Gasteiger charge is 2.30. The molecule has 6 heteroatoms. The summed E-state index contributed by atoms with van der Waals surface area (Å²) in [7, 11) is 0. The number of furan rings is 1. The van der Waals surface area contributed by atoms with E-state index < -0.39 is 17.7 Å². The minimum atomic E-state index is -0.794. The Morgan fingerprint density at radius 3 is 2.39 bits per heavy atom. The van der Waals surface area contributed by atoms with Gasteiger partial charge in [0.1, 0.15) is 5.60 Å². The number of carbonyl (C=O) groups excluding carboxylic acids is 2. The van der Waals surface area contributed by atoms with Gasteiger partial charge in [-0.05, 0) is 32.4 Å². The van der Waals surface area contributed by atoms with Crippen molar-refractivity contribution >= 4 is 18.0 Å². The van der Waals surface area contributed by atoms with Crippen molar-refractivity contribution < 1.29 is 18.7 Å². The fraction of sp³-hybridized carbons (Fsp3) is 0.294. The smallest absolute Gasteiger partial charge is 0.425 e. The molecule has 3 amide bonds. The molecule has 0 atom stereocenters. The van der Waals surface area contributed by atoms with Crippen LogP contribution in [0.3, 0.4) is 0 Å². The van der Waals surface area contributed by atoms with Gasteiger partial charge in [-0.2, -0.15) is 4.90 Å². The predicted molar refractivity (Wildman–Crippen MR) is 86.1 cm³/mol. The number of nitrogens with zero attached hydrogens (tertiary/aromatic N) is 1. The fourth-order valence-electron chi connectivity index (χ4n) is 1.83. The minimum Gasteiger partial charge on any atom is -0.448 e. The second kappa shape index (κ2) is 7.00. The Morgan fingerprint density at radius 2 is 1.83 bits per heavy atom. The van der Waals surface area contributed by atoms with E-state index in [0.717, 1.165) is 10.5 Å². The molecule has 0 radical (unpaired) electrons. The molecule has 122 valence electrons. The van der Waals surface area contributed by atoms with E-state index in [1.807, 2.05) is 30.3 Å². The van der Waals surface area contributed by atoms with Crippen LogP contribution in [0.2, 0.25) is 0 Å². The first-order valence-corrected chi connectivity index (χ1v) is 7.25. The van der Waals surface area contributed by atoms with E-state index in [4.69, 9.17) is 9.15 Å². The van der Waals surface area contributed by atoms with E-state index in [1.54, 1.807) is 26.8 Å². The zero-order chi connectivity index (χ0) is 16.9. The van der Waals surface area contributed by atoms with Gasteiger partial charge in [-0.15, -0.1) is 0 Å². The van der Waals surface area contributed by atoms with E-state index in [-0.39, 0.29) is 5.88 Å². The van der Waals surface area contributed by atoms with Crippen LogP contribution in [-0.2, 0) is 11.3 Å². The molecule has 1 N–H and O–H groups in total. The van der Waals surface area contributed by atoms with Crippen LogP contribution in [-0.4, -0.2) is 17.7 Å². The van der Waals surface area contributed by atoms with Crippen molar-refractivity contribution in [2.75, 3.05) is 4.90 Å².